The molecule has 3 unspecified atom stereocenters. The molecule has 1 saturated heterocycles. The third-order valence-corrected chi connectivity index (χ3v) is 3.97. The summed E-state index contributed by atoms with van der Waals surface area (Å²) in [5, 5.41) is 20.2. The molecule has 0 bridgehead atoms. The summed E-state index contributed by atoms with van der Waals surface area (Å²) in [6, 6.07) is 4.88. The first-order valence-corrected chi connectivity index (χ1v) is 7.10. The Labute approximate surface area is 129 Å². The largest absolute Gasteiger partial charge is 0.496 e. The molecule has 1 fully saturated rings. The maximum Gasteiger partial charge on any atom is 0.237 e. The monoisotopic (exact) mass is 310 g/mol. The highest BCUT2D eigenvalue weighted by Gasteiger charge is 2.46. The SMILES string of the molecule is COc1c(C)cccc1CN1OC(CO)C(CO)C1C(N)=O. The van der Waals surface area contributed by atoms with Crippen LogP contribution in [-0.2, 0) is 16.2 Å². The maximum atomic E-state index is 11.7. The van der Waals surface area contributed by atoms with Gasteiger partial charge in [0.25, 0.3) is 0 Å². The molecule has 1 aromatic rings. The molecule has 1 aliphatic rings. The maximum absolute atomic E-state index is 11.7. The number of para-hydroxylation sites is 1. The number of hydroxylamine groups is 2. The predicted octanol–water partition coefficient (Wildman–Crippen LogP) is -0.426. The molecular weight excluding hydrogens is 288 g/mol. The summed E-state index contributed by atoms with van der Waals surface area (Å²) >= 11 is 0. The van der Waals surface area contributed by atoms with Gasteiger partial charge in [-0.15, -0.1) is 0 Å². The molecule has 4 N–H and O–H groups in total. The third-order valence-electron chi connectivity index (χ3n) is 3.97. The first-order valence-electron chi connectivity index (χ1n) is 7.10. The number of rotatable bonds is 6. The number of hydrogen-bond donors (Lipinski definition) is 3. The second-order valence-electron chi connectivity index (χ2n) is 5.36. The highest BCUT2D eigenvalue weighted by atomic mass is 16.7. The Kier molecular flexibility index (Phi) is 5.36. The Balaban J connectivity index is 2.28. The van der Waals surface area contributed by atoms with E-state index in [0.29, 0.717) is 5.75 Å². The van der Waals surface area contributed by atoms with Crippen LogP contribution in [0.4, 0.5) is 0 Å². The van der Waals surface area contributed by atoms with Crippen molar-refractivity contribution in [3.05, 3.63) is 29.3 Å². The lowest BCUT2D eigenvalue weighted by molar-refractivity contribution is -0.180. The van der Waals surface area contributed by atoms with Crippen molar-refractivity contribution >= 4 is 5.91 Å². The van der Waals surface area contributed by atoms with Gasteiger partial charge in [0.2, 0.25) is 5.91 Å². The zero-order chi connectivity index (χ0) is 16.3. The lowest BCUT2D eigenvalue weighted by Gasteiger charge is -2.23. The normalized spacial score (nSPS) is 25.4. The van der Waals surface area contributed by atoms with Crippen LogP contribution in [0, 0.1) is 12.8 Å². The van der Waals surface area contributed by atoms with Gasteiger partial charge in [-0.1, -0.05) is 18.2 Å². The minimum atomic E-state index is -0.799. The van der Waals surface area contributed by atoms with Crippen molar-refractivity contribution in [1.29, 1.82) is 0 Å². The Morgan fingerprint density at radius 2 is 2.14 bits per heavy atom. The van der Waals surface area contributed by atoms with Crippen LogP contribution in [0.5, 0.6) is 5.75 Å². The smallest absolute Gasteiger partial charge is 0.237 e. The van der Waals surface area contributed by atoms with Gasteiger partial charge in [-0.05, 0) is 12.5 Å². The van der Waals surface area contributed by atoms with E-state index in [-0.39, 0.29) is 19.8 Å². The van der Waals surface area contributed by atoms with Gasteiger partial charge in [-0.2, -0.15) is 5.06 Å². The van der Waals surface area contributed by atoms with Gasteiger partial charge in [0.1, 0.15) is 17.9 Å². The summed E-state index contributed by atoms with van der Waals surface area (Å²) in [5.74, 6) is -0.442. The number of aryl methyl sites for hydroxylation is 1. The number of nitrogens with zero attached hydrogens (tertiary/aromatic N) is 1. The zero-order valence-corrected chi connectivity index (χ0v) is 12.7. The molecule has 1 aromatic carbocycles. The summed E-state index contributed by atoms with van der Waals surface area (Å²) in [5.41, 5.74) is 7.24. The molecule has 0 saturated carbocycles. The molecular formula is C15H22N2O5. The van der Waals surface area contributed by atoms with Crippen LogP contribution in [0.3, 0.4) is 0 Å². The van der Waals surface area contributed by atoms with Crippen LogP contribution < -0.4 is 10.5 Å². The molecule has 1 heterocycles. The second kappa shape index (κ2) is 7.06. The van der Waals surface area contributed by atoms with Crippen molar-refractivity contribution in [3.8, 4) is 5.75 Å². The van der Waals surface area contributed by atoms with E-state index >= 15 is 0 Å². The Morgan fingerprint density at radius 3 is 2.68 bits per heavy atom. The number of benzene rings is 1. The average Bonchev–Trinajstić information content (AvgIpc) is 2.85. The van der Waals surface area contributed by atoms with E-state index in [1.165, 1.54) is 5.06 Å². The van der Waals surface area contributed by atoms with Crippen LogP contribution in [0.25, 0.3) is 0 Å². The van der Waals surface area contributed by atoms with Gasteiger partial charge < -0.3 is 20.7 Å². The van der Waals surface area contributed by atoms with Crippen molar-refractivity contribution in [2.75, 3.05) is 20.3 Å². The van der Waals surface area contributed by atoms with Crippen molar-refractivity contribution in [2.24, 2.45) is 11.7 Å². The van der Waals surface area contributed by atoms with E-state index in [1.807, 2.05) is 25.1 Å². The number of aliphatic hydroxyl groups excluding tert-OH is 2. The third kappa shape index (κ3) is 3.07. The number of primary amides is 1. The molecule has 0 aliphatic carbocycles. The Morgan fingerprint density at radius 1 is 1.41 bits per heavy atom. The molecule has 3 atom stereocenters. The number of carbonyl (C=O) groups excluding carboxylic acids is 1. The molecule has 0 aromatic heterocycles. The minimum absolute atomic E-state index is 0.269. The second-order valence-corrected chi connectivity index (χ2v) is 5.36. The average molecular weight is 310 g/mol. The van der Waals surface area contributed by atoms with Gasteiger partial charge in [-0.25, -0.2) is 0 Å². The van der Waals surface area contributed by atoms with Gasteiger partial charge in [0.15, 0.2) is 0 Å². The number of nitrogens with two attached hydrogens (primary N) is 1. The molecule has 0 spiro atoms. The fourth-order valence-electron chi connectivity index (χ4n) is 2.91. The molecule has 1 aliphatic heterocycles. The number of hydrogen-bond acceptors (Lipinski definition) is 6. The van der Waals surface area contributed by atoms with E-state index in [1.54, 1.807) is 7.11 Å². The summed E-state index contributed by atoms with van der Waals surface area (Å²) in [4.78, 5) is 17.3. The van der Waals surface area contributed by atoms with E-state index in [9.17, 15) is 15.0 Å². The first kappa shape index (κ1) is 16.7. The molecule has 0 radical (unpaired) electrons. The van der Waals surface area contributed by atoms with Crippen molar-refractivity contribution in [2.45, 2.75) is 25.6 Å². The number of ether oxygens (including phenoxy) is 1. The molecule has 1 amide bonds. The zero-order valence-electron chi connectivity index (χ0n) is 12.7. The number of amides is 1. The molecule has 7 heteroatoms. The van der Waals surface area contributed by atoms with Crippen molar-refractivity contribution < 1.29 is 24.6 Å². The lowest BCUT2D eigenvalue weighted by atomic mass is 9.95. The fourth-order valence-corrected chi connectivity index (χ4v) is 2.91. The van der Waals surface area contributed by atoms with Crippen molar-refractivity contribution in [3.63, 3.8) is 0 Å². The first-order chi connectivity index (χ1) is 10.5. The molecule has 22 heavy (non-hydrogen) atoms. The van der Waals surface area contributed by atoms with Gasteiger partial charge in [-0.3, -0.25) is 9.63 Å². The Bertz CT molecular complexity index is 537. The summed E-state index contributed by atoms with van der Waals surface area (Å²) in [6.45, 7) is 1.61. The predicted molar refractivity (Wildman–Crippen MR) is 78.8 cm³/mol. The lowest BCUT2D eigenvalue weighted by Crippen LogP contribution is -2.44. The summed E-state index contributed by atoms with van der Waals surface area (Å²) in [6.07, 6.45) is -0.654. The van der Waals surface area contributed by atoms with Crippen LogP contribution in [0.1, 0.15) is 11.1 Å². The van der Waals surface area contributed by atoms with Crippen LogP contribution >= 0.6 is 0 Å². The summed E-state index contributed by atoms with van der Waals surface area (Å²) in [7, 11) is 1.58. The standard InChI is InChI=1S/C15H22N2O5/c1-9-4-3-5-10(14(9)21-2)6-17-13(15(16)20)11(7-18)12(8-19)22-17/h3-5,11-13,18-19H,6-8H2,1-2H3,(H2,16,20). The highest BCUT2D eigenvalue weighted by molar-refractivity contribution is 5.80. The van der Waals surface area contributed by atoms with E-state index in [2.05, 4.69) is 0 Å². The highest BCUT2D eigenvalue weighted by Crippen LogP contribution is 2.32. The molecule has 122 valence electrons. The van der Waals surface area contributed by atoms with E-state index < -0.39 is 24.0 Å². The van der Waals surface area contributed by atoms with Gasteiger partial charge in [0, 0.05) is 11.5 Å². The number of methoxy groups -OCH3 is 1. The topological polar surface area (TPSA) is 105 Å². The van der Waals surface area contributed by atoms with Gasteiger partial charge in [0.05, 0.1) is 26.9 Å². The van der Waals surface area contributed by atoms with E-state index in [0.717, 1.165) is 11.1 Å². The van der Waals surface area contributed by atoms with Crippen LogP contribution in [0.2, 0.25) is 0 Å². The van der Waals surface area contributed by atoms with Gasteiger partial charge >= 0.3 is 0 Å². The van der Waals surface area contributed by atoms with Crippen LogP contribution in [-0.4, -0.2) is 53.7 Å². The Hall–Kier alpha value is -1.67. The molecule has 7 nitrogen and oxygen atoms in total. The summed E-state index contributed by atoms with van der Waals surface area (Å²) < 4.78 is 5.39. The number of carbonyl (C=O) groups is 1. The fraction of sp³-hybridized carbons (Fsp3) is 0.533. The van der Waals surface area contributed by atoms with E-state index in [4.69, 9.17) is 15.3 Å². The quantitative estimate of drug-likeness (QED) is 0.659. The van der Waals surface area contributed by atoms with Crippen molar-refractivity contribution in [1.82, 2.24) is 5.06 Å². The minimum Gasteiger partial charge on any atom is -0.496 e. The molecule has 2 rings (SSSR count). The van der Waals surface area contributed by atoms with Crippen LogP contribution in [0.15, 0.2) is 18.2 Å². The number of aliphatic hydroxyl groups is 2.